The van der Waals surface area contributed by atoms with Crippen LogP contribution >= 0.6 is 0 Å². The molecule has 0 unspecified atom stereocenters. The molecule has 0 fully saturated rings. The minimum Gasteiger partial charge on any atom is -0.854 e. The molecule has 0 aromatic carbocycles. The van der Waals surface area contributed by atoms with E-state index < -0.39 is 0 Å². The quantitative estimate of drug-likeness (QED) is 0.674. The van der Waals surface area contributed by atoms with Gasteiger partial charge in [0, 0.05) is 0 Å². The van der Waals surface area contributed by atoms with Gasteiger partial charge in [0.15, 0.2) is 0 Å². The second-order valence-electron chi connectivity index (χ2n) is 2.11. The van der Waals surface area contributed by atoms with Crippen LogP contribution in [0.15, 0.2) is 0 Å². The van der Waals surface area contributed by atoms with E-state index in [2.05, 4.69) is 0 Å². The zero-order valence-corrected chi connectivity index (χ0v) is 10.4. The molecule has 4 heteroatoms. The summed E-state index contributed by atoms with van der Waals surface area (Å²) in [5.74, 6) is 0. The van der Waals surface area contributed by atoms with E-state index in [1.807, 2.05) is 20.8 Å². The molecule has 89 valence electrons. The van der Waals surface area contributed by atoms with Crippen LogP contribution in [0.25, 0.3) is 0 Å². The fourth-order valence-corrected chi connectivity index (χ4v) is 0. The van der Waals surface area contributed by atoms with Gasteiger partial charge in [-0.15, -0.1) is 19.8 Å². The molecule has 0 aliphatic heterocycles. The summed E-state index contributed by atoms with van der Waals surface area (Å²) < 4.78 is 0. The number of rotatable bonds is 3. The molecule has 0 aromatic rings. The van der Waals surface area contributed by atoms with Crippen LogP contribution in [0.2, 0.25) is 0 Å². The largest absolute Gasteiger partial charge is 3.00 e. The summed E-state index contributed by atoms with van der Waals surface area (Å²) in [6.45, 7) is 5.81. The third-order valence-corrected chi connectivity index (χ3v) is 0.612. The maximum atomic E-state index is 9.30. The summed E-state index contributed by atoms with van der Waals surface area (Å²) in [5.41, 5.74) is 0. The molecule has 0 heterocycles. The first-order valence-corrected chi connectivity index (χ1v) is 4.49. The first-order valence-electron chi connectivity index (χ1n) is 4.49. The normalized spacial score (nSPS) is 6.92. The zero-order chi connectivity index (χ0) is 10.2. The SMILES string of the molecule is CCC[O-].CCC[O-].CCC[O-].[Yb+3]. The molecule has 0 saturated heterocycles. The summed E-state index contributed by atoms with van der Waals surface area (Å²) in [6.07, 6.45) is 2.29. The molecule has 0 aliphatic carbocycles. The van der Waals surface area contributed by atoms with Gasteiger partial charge in [-0.05, 0) is 0 Å². The van der Waals surface area contributed by atoms with Crippen molar-refractivity contribution in [2.24, 2.45) is 0 Å². The Morgan fingerprint density at radius 2 is 0.692 bits per heavy atom. The third-order valence-electron chi connectivity index (χ3n) is 0.612. The Morgan fingerprint density at radius 1 is 0.615 bits per heavy atom. The van der Waals surface area contributed by atoms with Crippen molar-refractivity contribution in [2.45, 2.75) is 40.0 Å². The van der Waals surface area contributed by atoms with Crippen LogP contribution in [0, 0.1) is 46.9 Å². The predicted octanol–water partition coefficient (Wildman–Crippen LogP) is -0.730. The summed E-state index contributed by atoms with van der Waals surface area (Å²) in [4.78, 5) is 0. The monoisotopic (exact) mass is 351 g/mol. The van der Waals surface area contributed by atoms with Gasteiger partial charge in [-0.2, -0.15) is 0 Å². The Morgan fingerprint density at radius 3 is 0.692 bits per heavy atom. The van der Waals surface area contributed by atoms with Crippen molar-refractivity contribution in [1.29, 1.82) is 0 Å². The van der Waals surface area contributed by atoms with Crippen LogP contribution in [0.3, 0.4) is 0 Å². The van der Waals surface area contributed by atoms with Crippen molar-refractivity contribution < 1.29 is 62.2 Å². The zero-order valence-electron chi connectivity index (χ0n) is 8.73. The van der Waals surface area contributed by atoms with Gasteiger partial charge in [0.1, 0.15) is 0 Å². The molecular formula is C9H21O3Yb. The van der Waals surface area contributed by atoms with Gasteiger partial charge in [-0.1, -0.05) is 40.0 Å². The van der Waals surface area contributed by atoms with Crippen LogP contribution < -0.4 is 15.3 Å². The maximum Gasteiger partial charge on any atom is 3.00 e. The molecule has 0 amide bonds. The van der Waals surface area contributed by atoms with Gasteiger partial charge in [-0.3, -0.25) is 0 Å². The summed E-state index contributed by atoms with van der Waals surface area (Å²) in [5, 5.41) is 27.9. The molecule has 0 aliphatic rings. The first kappa shape index (κ1) is 23.9. The molecule has 0 saturated carbocycles. The van der Waals surface area contributed by atoms with Gasteiger partial charge in [0.2, 0.25) is 0 Å². The minimum atomic E-state index is 0. The third kappa shape index (κ3) is 90.0. The molecule has 0 aromatic heterocycles. The van der Waals surface area contributed by atoms with Gasteiger partial charge < -0.3 is 15.3 Å². The topological polar surface area (TPSA) is 69.2 Å². The van der Waals surface area contributed by atoms with E-state index in [0.717, 1.165) is 19.3 Å². The van der Waals surface area contributed by atoms with E-state index in [1.54, 1.807) is 0 Å². The van der Waals surface area contributed by atoms with Crippen LogP contribution in [-0.4, -0.2) is 19.8 Å². The van der Waals surface area contributed by atoms with Crippen LogP contribution in [0.1, 0.15) is 40.0 Å². The van der Waals surface area contributed by atoms with Crippen molar-refractivity contribution in [3.8, 4) is 0 Å². The first-order chi connectivity index (χ1) is 5.74. The van der Waals surface area contributed by atoms with E-state index >= 15 is 0 Å². The fourth-order valence-electron chi connectivity index (χ4n) is 0. The summed E-state index contributed by atoms with van der Waals surface area (Å²) >= 11 is 0. The van der Waals surface area contributed by atoms with Crippen molar-refractivity contribution >= 4 is 0 Å². The van der Waals surface area contributed by atoms with E-state index in [-0.39, 0.29) is 66.7 Å². The van der Waals surface area contributed by atoms with Crippen LogP contribution in [0.4, 0.5) is 0 Å². The van der Waals surface area contributed by atoms with Gasteiger partial charge in [0.25, 0.3) is 0 Å². The van der Waals surface area contributed by atoms with Gasteiger partial charge >= 0.3 is 46.9 Å². The average molecular weight is 350 g/mol. The Hall–Kier alpha value is 1.40. The predicted molar refractivity (Wildman–Crippen MR) is 45.5 cm³/mol. The van der Waals surface area contributed by atoms with Crippen molar-refractivity contribution in [2.75, 3.05) is 19.8 Å². The Bertz CT molecular complexity index is 30.3. The minimum absolute atomic E-state index is 0. The average Bonchev–Trinajstić information content (AvgIpc) is 2.18. The molecule has 0 spiro atoms. The maximum absolute atomic E-state index is 9.30. The summed E-state index contributed by atoms with van der Waals surface area (Å²) in [6, 6.07) is 0. The van der Waals surface area contributed by atoms with Gasteiger partial charge in [-0.25, -0.2) is 0 Å². The van der Waals surface area contributed by atoms with Crippen molar-refractivity contribution in [1.82, 2.24) is 0 Å². The van der Waals surface area contributed by atoms with Crippen LogP contribution in [0.5, 0.6) is 0 Å². The second-order valence-corrected chi connectivity index (χ2v) is 2.11. The number of hydrogen-bond donors (Lipinski definition) is 0. The van der Waals surface area contributed by atoms with E-state index in [9.17, 15) is 15.3 Å². The Kier molecular flexibility index (Phi) is 69.2. The van der Waals surface area contributed by atoms with E-state index in [1.165, 1.54) is 0 Å². The molecule has 3 nitrogen and oxygen atoms in total. The number of hydrogen-bond acceptors (Lipinski definition) is 3. The standard InChI is InChI=1S/3C3H7O.Yb/c3*1-2-3-4;/h3*2-3H2,1H3;/q3*-1;+3. The fraction of sp³-hybridized carbons (Fsp3) is 1.00. The molecule has 0 rings (SSSR count). The molecule has 0 atom stereocenters. The second kappa shape index (κ2) is 37.6. The van der Waals surface area contributed by atoms with Crippen molar-refractivity contribution in [3.05, 3.63) is 0 Å². The molecule has 0 N–H and O–H groups in total. The smallest absolute Gasteiger partial charge is 0.854 e. The Labute approximate surface area is 121 Å². The molecule has 0 bridgehead atoms. The summed E-state index contributed by atoms with van der Waals surface area (Å²) in [7, 11) is 0. The molecule has 13 heavy (non-hydrogen) atoms. The molecular weight excluding hydrogens is 329 g/mol. The molecule has 1 radical (unpaired) electrons. The van der Waals surface area contributed by atoms with Crippen LogP contribution in [-0.2, 0) is 0 Å². The van der Waals surface area contributed by atoms with E-state index in [4.69, 9.17) is 0 Å². The Balaban J connectivity index is -0.0000000450. The van der Waals surface area contributed by atoms with E-state index in [0.29, 0.717) is 0 Å². The van der Waals surface area contributed by atoms with Gasteiger partial charge in [0.05, 0.1) is 0 Å². The van der Waals surface area contributed by atoms with Crippen molar-refractivity contribution in [3.63, 3.8) is 0 Å².